The van der Waals surface area contributed by atoms with Crippen LogP contribution in [0.25, 0.3) is 0 Å². The van der Waals surface area contributed by atoms with Gasteiger partial charge in [-0.15, -0.1) is 0 Å². The number of hydrogen-bond donors (Lipinski definition) is 2. The fourth-order valence-electron chi connectivity index (χ4n) is 5.21. The topological polar surface area (TPSA) is 68.8 Å². The van der Waals surface area contributed by atoms with Crippen molar-refractivity contribution in [3.05, 3.63) is 89.1 Å². The zero-order valence-corrected chi connectivity index (χ0v) is 22.5. The smallest absolute Gasteiger partial charge is 0.163 e. The van der Waals surface area contributed by atoms with Crippen LogP contribution in [0.3, 0.4) is 0 Å². The van der Waals surface area contributed by atoms with Crippen molar-refractivity contribution in [3.8, 4) is 17.2 Å². The van der Waals surface area contributed by atoms with Gasteiger partial charge in [0.15, 0.2) is 17.3 Å². The van der Waals surface area contributed by atoms with Crippen LogP contribution in [0.4, 0.5) is 11.4 Å². The normalized spacial score (nSPS) is 18.6. The molecule has 2 aliphatic rings. The number of fused-ring (bicyclic) bond motifs is 1. The minimum atomic E-state index is -0.261. The quantitative estimate of drug-likeness (QED) is 0.335. The van der Waals surface area contributed by atoms with E-state index in [1.165, 1.54) is 0 Å². The van der Waals surface area contributed by atoms with Gasteiger partial charge in [0.2, 0.25) is 0 Å². The fourth-order valence-corrected chi connectivity index (χ4v) is 5.21. The first-order chi connectivity index (χ1) is 18.5. The SMILES string of the molecule is CCOc1ccc(C2CC(=O)C3=C(C2)Nc2ccccc2NC3c2ccc(OCC(C)C)cc2)cc1OC. The molecule has 3 aromatic carbocycles. The third-order valence-corrected chi connectivity index (χ3v) is 7.06. The molecule has 1 aliphatic heterocycles. The molecule has 5 rings (SSSR count). The summed E-state index contributed by atoms with van der Waals surface area (Å²) in [6, 6.07) is 21.9. The van der Waals surface area contributed by atoms with E-state index in [4.69, 9.17) is 14.2 Å². The van der Waals surface area contributed by atoms with Crippen LogP contribution in [-0.4, -0.2) is 26.1 Å². The molecule has 3 aromatic rings. The van der Waals surface area contributed by atoms with E-state index >= 15 is 0 Å². The van der Waals surface area contributed by atoms with Crippen LogP contribution in [0.2, 0.25) is 0 Å². The van der Waals surface area contributed by atoms with Crippen molar-refractivity contribution >= 4 is 17.2 Å². The van der Waals surface area contributed by atoms with Gasteiger partial charge in [-0.3, -0.25) is 4.79 Å². The summed E-state index contributed by atoms with van der Waals surface area (Å²) < 4.78 is 17.2. The third-order valence-electron chi connectivity index (χ3n) is 7.06. The van der Waals surface area contributed by atoms with Crippen LogP contribution < -0.4 is 24.8 Å². The average molecular weight is 513 g/mol. The van der Waals surface area contributed by atoms with Gasteiger partial charge in [-0.25, -0.2) is 0 Å². The van der Waals surface area contributed by atoms with Crippen molar-refractivity contribution in [2.24, 2.45) is 5.92 Å². The van der Waals surface area contributed by atoms with Crippen LogP contribution in [0, 0.1) is 5.92 Å². The van der Waals surface area contributed by atoms with Gasteiger partial charge in [0.1, 0.15) is 5.75 Å². The van der Waals surface area contributed by atoms with E-state index in [0.717, 1.165) is 45.9 Å². The number of rotatable bonds is 8. The zero-order valence-electron chi connectivity index (χ0n) is 22.5. The number of methoxy groups -OCH3 is 1. The second-order valence-electron chi connectivity index (χ2n) is 10.3. The first-order valence-corrected chi connectivity index (χ1v) is 13.4. The number of ether oxygens (including phenoxy) is 3. The number of carbonyl (C=O) groups is 1. The molecule has 0 saturated heterocycles. The van der Waals surface area contributed by atoms with Crippen LogP contribution >= 0.6 is 0 Å². The van der Waals surface area contributed by atoms with Gasteiger partial charge in [-0.05, 0) is 72.7 Å². The highest BCUT2D eigenvalue weighted by molar-refractivity contribution is 6.01. The van der Waals surface area contributed by atoms with E-state index < -0.39 is 0 Å². The molecular formula is C32H36N2O4. The van der Waals surface area contributed by atoms with Crippen molar-refractivity contribution in [3.63, 3.8) is 0 Å². The average Bonchev–Trinajstić information content (AvgIpc) is 3.09. The summed E-state index contributed by atoms with van der Waals surface area (Å²) in [7, 11) is 1.65. The summed E-state index contributed by atoms with van der Waals surface area (Å²) in [5.74, 6) is 2.88. The summed E-state index contributed by atoms with van der Waals surface area (Å²) in [5, 5.41) is 7.26. The standard InChI is InChI=1S/C32H36N2O4/c1-5-37-29-15-12-22(18-30(29)36-4)23-16-27-31(28(35)17-23)32(34-26-9-7-6-8-25(26)33-27)21-10-13-24(14-11-21)38-19-20(2)3/h6-15,18,20,23,32-34H,5,16-17,19H2,1-4H3. The maximum atomic E-state index is 13.8. The molecular weight excluding hydrogens is 476 g/mol. The lowest BCUT2D eigenvalue weighted by Crippen LogP contribution is -2.26. The van der Waals surface area contributed by atoms with Crippen molar-refractivity contribution in [2.45, 2.75) is 45.6 Å². The van der Waals surface area contributed by atoms with Crippen molar-refractivity contribution < 1.29 is 19.0 Å². The van der Waals surface area contributed by atoms with Crippen LogP contribution in [0.15, 0.2) is 78.0 Å². The van der Waals surface area contributed by atoms with E-state index in [2.05, 4.69) is 36.6 Å². The molecule has 0 fully saturated rings. The Balaban J connectivity index is 1.50. The first kappa shape index (κ1) is 25.7. The van der Waals surface area contributed by atoms with E-state index in [1.54, 1.807) is 7.11 Å². The Morgan fingerprint density at radius 2 is 1.63 bits per heavy atom. The van der Waals surface area contributed by atoms with Crippen molar-refractivity contribution in [2.75, 3.05) is 31.0 Å². The van der Waals surface area contributed by atoms with Gasteiger partial charge in [0, 0.05) is 17.7 Å². The zero-order chi connectivity index (χ0) is 26.6. The number of para-hydroxylation sites is 2. The van der Waals surface area contributed by atoms with Crippen LogP contribution in [0.1, 0.15) is 56.7 Å². The van der Waals surface area contributed by atoms with Gasteiger partial charge in [-0.2, -0.15) is 0 Å². The molecule has 2 atom stereocenters. The molecule has 6 heteroatoms. The molecule has 2 unspecified atom stereocenters. The summed E-state index contributed by atoms with van der Waals surface area (Å²) in [4.78, 5) is 13.8. The molecule has 1 heterocycles. The molecule has 38 heavy (non-hydrogen) atoms. The predicted octanol–water partition coefficient (Wildman–Crippen LogP) is 7.11. The molecule has 6 nitrogen and oxygen atoms in total. The molecule has 0 aromatic heterocycles. The molecule has 0 saturated carbocycles. The maximum absolute atomic E-state index is 13.8. The van der Waals surface area contributed by atoms with E-state index in [9.17, 15) is 4.79 Å². The van der Waals surface area contributed by atoms with Gasteiger partial charge < -0.3 is 24.8 Å². The number of carbonyl (C=O) groups excluding carboxylic acids is 1. The molecule has 0 amide bonds. The number of benzene rings is 3. The highest BCUT2D eigenvalue weighted by Crippen LogP contribution is 2.45. The Morgan fingerprint density at radius 1 is 0.895 bits per heavy atom. The van der Waals surface area contributed by atoms with Crippen LogP contribution in [0.5, 0.6) is 17.2 Å². The van der Waals surface area contributed by atoms with E-state index in [-0.39, 0.29) is 17.7 Å². The number of hydrogen-bond acceptors (Lipinski definition) is 6. The Bertz CT molecular complexity index is 1330. The van der Waals surface area contributed by atoms with E-state index in [0.29, 0.717) is 37.1 Å². The number of Topliss-reactive ketones (excluding diaryl/α,β-unsaturated/α-hetero) is 1. The summed E-state index contributed by atoms with van der Waals surface area (Å²) in [5.41, 5.74) is 5.80. The van der Waals surface area contributed by atoms with Crippen LogP contribution in [-0.2, 0) is 4.79 Å². The monoisotopic (exact) mass is 512 g/mol. The number of ketones is 1. The molecule has 0 spiro atoms. The highest BCUT2D eigenvalue weighted by Gasteiger charge is 2.36. The van der Waals surface area contributed by atoms with Gasteiger partial charge in [0.05, 0.1) is 37.7 Å². The van der Waals surface area contributed by atoms with Crippen molar-refractivity contribution in [1.29, 1.82) is 0 Å². The summed E-state index contributed by atoms with van der Waals surface area (Å²) >= 11 is 0. The number of allylic oxidation sites excluding steroid dienone is 1. The Kier molecular flexibility index (Phi) is 7.59. The van der Waals surface area contributed by atoms with Crippen molar-refractivity contribution in [1.82, 2.24) is 0 Å². The Labute approximate surface area is 225 Å². The minimum absolute atomic E-state index is 0.0380. The fraction of sp³-hybridized carbons (Fsp3) is 0.344. The van der Waals surface area contributed by atoms with Gasteiger partial charge in [-0.1, -0.05) is 44.2 Å². The molecule has 198 valence electrons. The number of anilines is 2. The lowest BCUT2D eigenvalue weighted by molar-refractivity contribution is -0.116. The number of nitrogens with one attached hydrogen (secondary N) is 2. The molecule has 0 bridgehead atoms. The van der Waals surface area contributed by atoms with Gasteiger partial charge in [0.25, 0.3) is 0 Å². The second-order valence-corrected chi connectivity index (χ2v) is 10.3. The summed E-state index contributed by atoms with van der Waals surface area (Å²) in [6.07, 6.45) is 1.15. The van der Waals surface area contributed by atoms with E-state index in [1.807, 2.05) is 61.5 Å². The van der Waals surface area contributed by atoms with Gasteiger partial charge >= 0.3 is 0 Å². The molecule has 1 aliphatic carbocycles. The second kappa shape index (κ2) is 11.2. The minimum Gasteiger partial charge on any atom is -0.493 e. The Morgan fingerprint density at radius 3 is 2.34 bits per heavy atom. The highest BCUT2D eigenvalue weighted by atomic mass is 16.5. The largest absolute Gasteiger partial charge is 0.493 e. The Hall–Kier alpha value is -3.93. The molecule has 0 radical (unpaired) electrons. The molecule has 2 N–H and O–H groups in total. The first-order valence-electron chi connectivity index (χ1n) is 13.4. The lowest BCUT2D eigenvalue weighted by Gasteiger charge is -2.30. The maximum Gasteiger partial charge on any atom is 0.163 e. The lowest BCUT2D eigenvalue weighted by atomic mass is 9.78. The predicted molar refractivity (Wildman–Crippen MR) is 151 cm³/mol. The summed E-state index contributed by atoms with van der Waals surface area (Å²) in [6.45, 7) is 7.45. The third kappa shape index (κ3) is 5.35.